The van der Waals surface area contributed by atoms with Crippen LogP contribution in [0.2, 0.25) is 0 Å². The third kappa shape index (κ3) is 5.64. The number of benzene rings is 2. The summed E-state index contributed by atoms with van der Waals surface area (Å²) in [5, 5.41) is 0. The van der Waals surface area contributed by atoms with Gasteiger partial charge in [-0.3, -0.25) is 4.79 Å². The van der Waals surface area contributed by atoms with Crippen LogP contribution in [0.4, 0.5) is 0 Å². The predicted octanol–water partition coefficient (Wildman–Crippen LogP) is 3.97. The average molecular weight is 299 g/mol. The summed E-state index contributed by atoms with van der Waals surface area (Å²) in [7, 11) is 1.87. The maximum absolute atomic E-state index is 12.1. The molecule has 0 bridgehead atoms. The van der Waals surface area contributed by atoms with Crippen LogP contribution in [0.15, 0.2) is 60.7 Å². The summed E-state index contributed by atoms with van der Waals surface area (Å²) in [5.41, 5.74) is 2.48. The molecule has 0 unspecified atom stereocenters. The van der Waals surface area contributed by atoms with Gasteiger partial charge in [0.1, 0.15) is 0 Å². The quantitative estimate of drug-likeness (QED) is 0.721. The molecular formula is C18H21NOS. The number of carbonyl (C=O) groups is 1. The molecule has 2 rings (SSSR count). The van der Waals surface area contributed by atoms with Crippen LogP contribution in [0.5, 0.6) is 0 Å². The van der Waals surface area contributed by atoms with E-state index in [9.17, 15) is 4.79 Å². The van der Waals surface area contributed by atoms with Gasteiger partial charge in [0.15, 0.2) is 0 Å². The lowest BCUT2D eigenvalue weighted by Crippen LogP contribution is -2.26. The number of carbonyl (C=O) groups excluding carboxylic acids is 1. The fraction of sp³-hybridized carbons (Fsp3) is 0.278. The van der Waals surface area contributed by atoms with Crippen LogP contribution in [-0.4, -0.2) is 23.6 Å². The van der Waals surface area contributed by atoms with Crippen molar-refractivity contribution >= 4 is 17.7 Å². The summed E-state index contributed by atoms with van der Waals surface area (Å²) >= 11 is 1.81. The molecule has 3 heteroatoms. The summed E-state index contributed by atoms with van der Waals surface area (Å²) < 4.78 is 0. The van der Waals surface area contributed by atoms with Gasteiger partial charge < -0.3 is 4.90 Å². The van der Waals surface area contributed by atoms with Crippen LogP contribution in [0.1, 0.15) is 17.5 Å². The van der Waals surface area contributed by atoms with Crippen LogP contribution in [0.25, 0.3) is 0 Å². The van der Waals surface area contributed by atoms with Gasteiger partial charge in [-0.2, -0.15) is 11.8 Å². The van der Waals surface area contributed by atoms with Crippen LogP contribution in [-0.2, 0) is 17.1 Å². The van der Waals surface area contributed by atoms with Gasteiger partial charge in [-0.15, -0.1) is 0 Å². The molecule has 2 nitrogen and oxygen atoms in total. The Morgan fingerprint density at radius 2 is 1.52 bits per heavy atom. The van der Waals surface area contributed by atoms with Crippen molar-refractivity contribution in [3.8, 4) is 0 Å². The van der Waals surface area contributed by atoms with Crippen molar-refractivity contribution in [1.29, 1.82) is 0 Å². The van der Waals surface area contributed by atoms with Crippen LogP contribution in [0.3, 0.4) is 0 Å². The summed E-state index contributed by atoms with van der Waals surface area (Å²) in [6.07, 6.45) is 0.598. The van der Waals surface area contributed by atoms with E-state index in [0.29, 0.717) is 13.0 Å². The minimum Gasteiger partial charge on any atom is -0.341 e. The SMILES string of the molecule is CN(Cc1ccccc1)C(=O)CCSCc1ccccc1. The van der Waals surface area contributed by atoms with E-state index in [-0.39, 0.29) is 5.91 Å². The van der Waals surface area contributed by atoms with Crippen LogP contribution < -0.4 is 0 Å². The normalized spacial score (nSPS) is 10.3. The fourth-order valence-electron chi connectivity index (χ4n) is 2.06. The molecule has 0 atom stereocenters. The Labute approximate surface area is 131 Å². The molecule has 0 aromatic heterocycles. The number of hydrogen-bond donors (Lipinski definition) is 0. The molecule has 0 aliphatic heterocycles. The molecule has 2 aromatic carbocycles. The van der Waals surface area contributed by atoms with Gasteiger partial charge in [0, 0.05) is 31.5 Å². The van der Waals surface area contributed by atoms with Crippen molar-refractivity contribution in [2.24, 2.45) is 0 Å². The molecule has 0 saturated carbocycles. The van der Waals surface area contributed by atoms with E-state index in [1.807, 2.05) is 55.2 Å². The second kappa shape index (κ2) is 8.53. The zero-order valence-corrected chi connectivity index (χ0v) is 13.2. The van der Waals surface area contributed by atoms with Crippen molar-refractivity contribution in [3.05, 3.63) is 71.8 Å². The summed E-state index contributed by atoms with van der Waals surface area (Å²) in [6.45, 7) is 0.684. The third-order valence-electron chi connectivity index (χ3n) is 3.26. The molecule has 0 aliphatic rings. The predicted molar refractivity (Wildman–Crippen MR) is 90.1 cm³/mol. The summed E-state index contributed by atoms with van der Waals surface area (Å²) in [4.78, 5) is 13.9. The Balaban J connectivity index is 1.67. The Kier molecular flexibility index (Phi) is 6.35. The Morgan fingerprint density at radius 1 is 0.952 bits per heavy atom. The highest BCUT2D eigenvalue weighted by molar-refractivity contribution is 7.98. The maximum Gasteiger partial charge on any atom is 0.223 e. The lowest BCUT2D eigenvalue weighted by Gasteiger charge is -2.17. The molecule has 0 spiro atoms. The molecule has 0 aliphatic carbocycles. The molecular weight excluding hydrogens is 278 g/mol. The first-order chi connectivity index (χ1) is 10.3. The van der Waals surface area contributed by atoms with E-state index in [0.717, 1.165) is 11.5 Å². The lowest BCUT2D eigenvalue weighted by molar-refractivity contribution is -0.129. The lowest BCUT2D eigenvalue weighted by atomic mass is 10.2. The molecule has 1 amide bonds. The maximum atomic E-state index is 12.1. The molecule has 0 N–H and O–H groups in total. The van der Waals surface area contributed by atoms with E-state index in [1.54, 1.807) is 4.90 Å². The number of thioether (sulfide) groups is 1. The first-order valence-electron chi connectivity index (χ1n) is 7.15. The van der Waals surface area contributed by atoms with Gasteiger partial charge in [-0.05, 0) is 11.1 Å². The first kappa shape index (κ1) is 15.6. The zero-order chi connectivity index (χ0) is 14.9. The summed E-state index contributed by atoms with van der Waals surface area (Å²) in [6, 6.07) is 20.5. The molecule has 0 fully saturated rings. The molecule has 0 saturated heterocycles. The Morgan fingerprint density at radius 3 is 2.14 bits per heavy atom. The van der Waals surface area contributed by atoms with E-state index in [2.05, 4.69) is 24.3 Å². The van der Waals surface area contributed by atoms with Crippen molar-refractivity contribution in [3.63, 3.8) is 0 Å². The molecule has 21 heavy (non-hydrogen) atoms. The van der Waals surface area contributed by atoms with E-state index in [1.165, 1.54) is 11.1 Å². The third-order valence-corrected chi connectivity index (χ3v) is 4.29. The van der Waals surface area contributed by atoms with Gasteiger partial charge in [0.05, 0.1) is 0 Å². The largest absolute Gasteiger partial charge is 0.341 e. The monoisotopic (exact) mass is 299 g/mol. The highest BCUT2D eigenvalue weighted by Gasteiger charge is 2.08. The topological polar surface area (TPSA) is 20.3 Å². The Bertz CT molecular complexity index is 542. The van der Waals surface area contributed by atoms with Gasteiger partial charge in [0.2, 0.25) is 5.91 Å². The fourth-order valence-corrected chi connectivity index (χ4v) is 2.95. The molecule has 0 heterocycles. The second-order valence-corrected chi connectivity index (χ2v) is 6.13. The molecule has 110 valence electrons. The van der Waals surface area contributed by atoms with Gasteiger partial charge in [-0.1, -0.05) is 60.7 Å². The standard InChI is InChI=1S/C18H21NOS/c1-19(14-16-8-4-2-5-9-16)18(20)12-13-21-15-17-10-6-3-7-11-17/h2-11H,12-15H2,1H3. The zero-order valence-electron chi connectivity index (χ0n) is 12.4. The van der Waals surface area contributed by atoms with Gasteiger partial charge in [-0.25, -0.2) is 0 Å². The average Bonchev–Trinajstić information content (AvgIpc) is 2.53. The summed E-state index contributed by atoms with van der Waals surface area (Å²) in [5.74, 6) is 2.04. The minimum atomic E-state index is 0.208. The Hall–Kier alpha value is -1.74. The minimum absolute atomic E-state index is 0.208. The van der Waals surface area contributed by atoms with Crippen molar-refractivity contribution < 1.29 is 4.79 Å². The number of amides is 1. The number of hydrogen-bond acceptors (Lipinski definition) is 2. The van der Waals surface area contributed by atoms with E-state index < -0.39 is 0 Å². The van der Waals surface area contributed by atoms with Crippen LogP contribution >= 0.6 is 11.8 Å². The highest BCUT2D eigenvalue weighted by Crippen LogP contribution is 2.13. The molecule has 2 aromatic rings. The number of nitrogens with zero attached hydrogens (tertiary/aromatic N) is 1. The van der Waals surface area contributed by atoms with Gasteiger partial charge >= 0.3 is 0 Å². The van der Waals surface area contributed by atoms with Crippen molar-refractivity contribution in [2.75, 3.05) is 12.8 Å². The molecule has 0 radical (unpaired) electrons. The van der Waals surface area contributed by atoms with E-state index >= 15 is 0 Å². The first-order valence-corrected chi connectivity index (χ1v) is 8.31. The highest BCUT2D eigenvalue weighted by atomic mass is 32.2. The van der Waals surface area contributed by atoms with E-state index in [4.69, 9.17) is 0 Å². The number of rotatable bonds is 7. The van der Waals surface area contributed by atoms with Crippen LogP contribution in [0, 0.1) is 0 Å². The smallest absolute Gasteiger partial charge is 0.223 e. The van der Waals surface area contributed by atoms with Crippen molar-refractivity contribution in [2.45, 2.75) is 18.7 Å². The van der Waals surface area contributed by atoms with Crippen molar-refractivity contribution in [1.82, 2.24) is 4.90 Å². The van der Waals surface area contributed by atoms with Gasteiger partial charge in [0.25, 0.3) is 0 Å². The second-order valence-electron chi connectivity index (χ2n) is 5.02.